The number of carbonyl (C=O) groups excluding carboxylic acids is 1. The molecule has 0 aromatic heterocycles. The van der Waals surface area contributed by atoms with E-state index in [1.165, 1.54) is 31.2 Å². The van der Waals surface area contributed by atoms with E-state index in [1.54, 1.807) is 0 Å². The molecule has 2 fully saturated rings. The van der Waals surface area contributed by atoms with Crippen LogP contribution in [0.2, 0.25) is 0 Å². The number of rotatable bonds is 5. The van der Waals surface area contributed by atoms with E-state index in [-0.39, 0.29) is 17.5 Å². The SMILES string of the molecule is Cc1ccc([S@@](=O)CCN2C[C@H]3CCCC[C@H]3C[C@H]2C(=O)NC(C)(C)C)cc1. The Labute approximate surface area is 172 Å². The second-order valence-electron chi connectivity index (χ2n) is 9.65. The van der Waals surface area contributed by atoms with Gasteiger partial charge in [-0.25, -0.2) is 0 Å². The zero-order valence-corrected chi connectivity index (χ0v) is 18.7. The van der Waals surface area contributed by atoms with Crippen molar-refractivity contribution in [1.82, 2.24) is 10.2 Å². The Bertz CT molecular complexity index is 696. The van der Waals surface area contributed by atoms with Crippen LogP contribution in [0.5, 0.6) is 0 Å². The minimum atomic E-state index is -1.02. The van der Waals surface area contributed by atoms with E-state index in [9.17, 15) is 9.00 Å². The highest BCUT2D eigenvalue weighted by atomic mass is 32.2. The molecule has 0 spiro atoms. The van der Waals surface area contributed by atoms with Crippen LogP contribution in [0, 0.1) is 18.8 Å². The minimum absolute atomic E-state index is 0.0893. The Morgan fingerprint density at radius 3 is 2.43 bits per heavy atom. The molecule has 1 aromatic rings. The number of fused-ring (bicyclic) bond motifs is 1. The van der Waals surface area contributed by atoms with Gasteiger partial charge >= 0.3 is 0 Å². The molecule has 0 radical (unpaired) electrons. The number of hydrogen-bond donors (Lipinski definition) is 1. The largest absolute Gasteiger partial charge is 0.350 e. The molecule has 28 heavy (non-hydrogen) atoms. The van der Waals surface area contributed by atoms with Crippen LogP contribution in [-0.2, 0) is 15.6 Å². The molecule has 4 nitrogen and oxygen atoms in total. The Morgan fingerprint density at radius 2 is 1.79 bits per heavy atom. The van der Waals surface area contributed by atoms with Crippen LogP contribution < -0.4 is 5.32 Å². The predicted octanol–water partition coefficient (Wildman–Crippen LogP) is 3.90. The van der Waals surface area contributed by atoms with Crippen molar-refractivity contribution in [3.63, 3.8) is 0 Å². The van der Waals surface area contributed by atoms with Crippen LogP contribution >= 0.6 is 0 Å². The summed E-state index contributed by atoms with van der Waals surface area (Å²) in [6.07, 6.45) is 6.09. The number of hydrogen-bond acceptors (Lipinski definition) is 3. The molecule has 1 aliphatic heterocycles. The molecule has 156 valence electrons. The Hall–Kier alpha value is -1.20. The van der Waals surface area contributed by atoms with Gasteiger partial charge in [0.15, 0.2) is 0 Å². The summed E-state index contributed by atoms with van der Waals surface area (Å²) in [6, 6.07) is 7.86. The first-order chi connectivity index (χ1) is 13.2. The van der Waals surface area contributed by atoms with Crippen LogP contribution in [0.4, 0.5) is 0 Å². The maximum atomic E-state index is 13.0. The van der Waals surface area contributed by atoms with Gasteiger partial charge in [-0.15, -0.1) is 0 Å². The highest BCUT2D eigenvalue weighted by Gasteiger charge is 2.40. The van der Waals surface area contributed by atoms with E-state index in [0.717, 1.165) is 17.9 Å². The van der Waals surface area contributed by atoms with E-state index < -0.39 is 10.8 Å². The number of benzene rings is 1. The lowest BCUT2D eigenvalue weighted by molar-refractivity contribution is -0.131. The van der Waals surface area contributed by atoms with Gasteiger partial charge in [0.2, 0.25) is 5.91 Å². The van der Waals surface area contributed by atoms with Crippen molar-refractivity contribution in [2.45, 2.75) is 76.3 Å². The number of nitrogens with one attached hydrogen (secondary N) is 1. The maximum Gasteiger partial charge on any atom is 0.237 e. The Morgan fingerprint density at radius 1 is 1.14 bits per heavy atom. The fourth-order valence-electron chi connectivity index (χ4n) is 4.68. The van der Waals surface area contributed by atoms with Crippen LogP contribution in [0.25, 0.3) is 0 Å². The van der Waals surface area contributed by atoms with Crippen molar-refractivity contribution < 1.29 is 9.00 Å². The average Bonchev–Trinajstić information content (AvgIpc) is 2.64. The van der Waals surface area contributed by atoms with E-state index in [1.807, 2.05) is 52.0 Å². The molecular weight excluding hydrogens is 368 g/mol. The summed E-state index contributed by atoms with van der Waals surface area (Å²) >= 11 is 0. The zero-order chi connectivity index (χ0) is 20.3. The van der Waals surface area contributed by atoms with Crippen LogP contribution in [0.3, 0.4) is 0 Å². The summed E-state index contributed by atoms with van der Waals surface area (Å²) in [5, 5.41) is 3.18. The standard InChI is InChI=1S/C23H36N2O2S/c1-17-9-11-20(12-10-17)28(27)14-13-25-16-19-8-6-5-7-18(19)15-21(25)22(26)24-23(2,3)4/h9-12,18-19,21H,5-8,13-16H2,1-4H3,(H,24,26)/t18-,19+,21-,28-/m0/s1. The lowest BCUT2D eigenvalue weighted by Crippen LogP contribution is -2.58. The zero-order valence-electron chi connectivity index (χ0n) is 17.9. The Balaban J connectivity index is 1.68. The number of likely N-dealkylation sites (tertiary alicyclic amines) is 1. The minimum Gasteiger partial charge on any atom is -0.350 e. The monoisotopic (exact) mass is 404 g/mol. The van der Waals surface area contributed by atoms with E-state index >= 15 is 0 Å². The van der Waals surface area contributed by atoms with Gasteiger partial charge in [0, 0.05) is 29.3 Å². The molecule has 1 saturated heterocycles. The maximum absolute atomic E-state index is 13.0. The van der Waals surface area contributed by atoms with Crippen molar-refractivity contribution in [2.24, 2.45) is 11.8 Å². The summed E-state index contributed by atoms with van der Waals surface area (Å²) in [6.45, 7) is 9.83. The molecule has 1 aliphatic carbocycles. The quantitative estimate of drug-likeness (QED) is 0.810. The summed E-state index contributed by atoms with van der Waals surface area (Å²) in [4.78, 5) is 16.2. The van der Waals surface area contributed by atoms with Crippen molar-refractivity contribution in [2.75, 3.05) is 18.8 Å². The third kappa shape index (κ3) is 5.66. The molecule has 1 heterocycles. The first-order valence-corrected chi connectivity index (χ1v) is 12.1. The van der Waals surface area contributed by atoms with E-state index in [0.29, 0.717) is 24.1 Å². The summed E-state index contributed by atoms with van der Waals surface area (Å²) in [5.74, 6) is 2.08. The summed E-state index contributed by atoms with van der Waals surface area (Å²) in [7, 11) is -1.02. The molecule has 1 saturated carbocycles. The second kappa shape index (κ2) is 9.08. The smallest absolute Gasteiger partial charge is 0.237 e. The van der Waals surface area contributed by atoms with Crippen molar-refractivity contribution in [3.8, 4) is 0 Å². The van der Waals surface area contributed by atoms with Crippen molar-refractivity contribution >= 4 is 16.7 Å². The number of aryl methyl sites for hydroxylation is 1. The Kier molecular flexibility index (Phi) is 6.98. The predicted molar refractivity (Wildman–Crippen MR) is 116 cm³/mol. The molecule has 0 unspecified atom stereocenters. The average molecular weight is 405 g/mol. The number of piperidine rings is 1. The first kappa shape index (κ1) is 21.5. The number of carbonyl (C=O) groups is 1. The summed E-state index contributed by atoms with van der Waals surface area (Å²) in [5.41, 5.74) is 0.954. The molecular formula is C23H36N2O2S. The molecule has 2 aliphatic rings. The molecule has 0 bridgehead atoms. The third-order valence-electron chi connectivity index (χ3n) is 6.15. The van der Waals surface area contributed by atoms with Gasteiger partial charge in [-0.05, 0) is 64.5 Å². The molecule has 1 N–H and O–H groups in total. The van der Waals surface area contributed by atoms with Crippen molar-refractivity contribution in [1.29, 1.82) is 0 Å². The number of amides is 1. The lowest BCUT2D eigenvalue weighted by atomic mass is 9.72. The van der Waals surface area contributed by atoms with Gasteiger partial charge in [-0.3, -0.25) is 13.9 Å². The van der Waals surface area contributed by atoms with Gasteiger partial charge < -0.3 is 5.32 Å². The highest BCUT2D eigenvalue weighted by molar-refractivity contribution is 7.85. The second-order valence-corrected chi connectivity index (χ2v) is 11.2. The molecule has 3 rings (SSSR count). The molecule has 5 heteroatoms. The van der Waals surface area contributed by atoms with Crippen LogP contribution in [0.15, 0.2) is 29.2 Å². The van der Waals surface area contributed by atoms with Gasteiger partial charge in [-0.1, -0.05) is 37.0 Å². The van der Waals surface area contributed by atoms with Gasteiger partial charge in [0.05, 0.1) is 16.8 Å². The fourth-order valence-corrected chi connectivity index (χ4v) is 5.76. The van der Waals surface area contributed by atoms with Gasteiger partial charge in [0.1, 0.15) is 0 Å². The van der Waals surface area contributed by atoms with Gasteiger partial charge in [0.25, 0.3) is 0 Å². The van der Waals surface area contributed by atoms with Crippen LogP contribution in [-0.4, -0.2) is 45.4 Å². The highest BCUT2D eigenvalue weighted by Crippen LogP contribution is 2.38. The molecule has 1 aromatic carbocycles. The fraction of sp³-hybridized carbons (Fsp3) is 0.696. The van der Waals surface area contributed by atoms with Crippen molar-refractivity contribution in [3.05, 3.63) is 29.8 Å². The summed E-state index contributed by atoms with van der Waals surface area (Å²) < 4.78 is 12.8. The number of nitrogens with zero attached hydrogens (tertiary/aromatic N) is 1. The van der Waals surface area contributed by atoms with Crippen LogP contribution in [0.1, 0.15) is 58.4 Å². The van der Waals surface area contributed by atoms with E-state index in [4.69, 9.17) is 0 Å². The molecule has 4 atom stereocenters. The third-order valence-corrected chi connectivity index (χ3v) is 7.50. The molecule has 1 amide bonds. The lowest BCUT2D eigenvalue weighted by Gasteiger charge is -2.46. The first-order valence-electron chi connectivity index (χ1n) is 10.7. The normalized spacial score (nSPS) is 27.1. The topological polar surface area (TPSA) is 49.4 Å². The van der Waals surface area contributed by atoms with E-state index in [2.05, 4.69) is 10.2 Å². The van der Waals surface area contributed by atoms with Gasteiger partial charge in [-0.2, -0.15) is 0 Å².